The summed E-state index contributed by atoms with van der Waals surface area (Å²) in [6, 6.07) is 17.7. The number of alkyl halides is 3. The number of aryl methyl sites for hydroxylation is 2. The Bertz CT molecular complexity index is 2100. The van der Waals surface area contributed by atoms with Gasteiger partial charge >= 0.3 is 12.1 Å². The number of carbonyl (C=O) groups is 2. The molecule has 0 aliphatic heterocycles. The molecule has 44 heavy (non-hydrogen) atoms. The van der Waals surface area contributed by atoms with Crippen LogP contribution in [0.2, 0.25) is 0 Å². The Morgan fingerprint density at radius 3 is 2.11 bits per heavy atom. The quantitative estimate of drug-likeness (QED) is 0.183. The summed E-state index contributed by atoms with van der Waals surface area (Å²) < 4.78 is 60.7. The minimum atomic E-state index is -4.69. The zero-order valence-corrected chi connectivity index (χ0v) is 23.5. The van der Waals surface area contributed by atoms with Crippen molar-refractivity contribution in [3.05, 3.63) is 101 Å². The average Bonchev–Trinajstić information content (AvgIpc) is 3.58. The Morgan fingerprint density at radius 1 is 0.841 bits per heavy atom. The molecule has 11 heteroatoms. The molecule has 1 atom stereocenters. The van der Waals surface area contributed by atoms with Gasteiger partial charge in [-0.2, -0.15) is 13.2 Å². The molecule has 0 aliphatic rings. The van der Waals surface area contributed by atoms with Gasteiger partial charge in [-0.05, 0) is 78.6 Å². The predicted octanol–water partition coefficient (Wildman–Crippen LogP) is 8.02. The normalized spacial score (nSPS) is 13.2. The molecule has 0 fully saturated rings. The summed E-state index contributed by atoms with van der Waals surface area (Å²) in [6.45, 7) is 4.77. The van der Waals surface area contributed by atoms with Gasteiger partial charge in [0, 0.05) is 18.1 Å². The van der Waals surface area contributed by atoms with Crippen LogP contribution in [0, 0.1) is 13.8 Å². The third-order valence-corrected chi connectivity index (χ3v) is 7.70. The molecule has 1 unspecified atom stereocenters. The Morgan fingerprint density at radius 2 is 1.48 bits per heavy atom. The van der Waals surface area contributed by atoms with Gasteiger partial charge in [0.1, 0.15) is 22.2 Å². The molecule has 0 spiro atoms. The smallest absolute Gasteiger partial charge is 0.402 e. The summed E-state index contributed by atoms with van der Waals surface area (Å²) in [5, 5.41) is 10.0. The third kappa shape index (κ3) is 4.76. The van der Waals surface area contributed by atoms with Gasteiger partial charge in [-0.1, -0.05) is 30.3 Å². The van der Waals surface area contributed by atoms with Gasteiger partial charge in [0.2, 0.25) is 5.89 Å². The van der Waals surface area contributed by atoms with Gasteiger partial charge in [-0.25, -0.2) is 14.8 Å². The molecule has 1 N–H and O–H groups in total. The fourth-order valence-corrected chi connectivity index (χ4v) is 5.30. The maximum atomic E-state index is 14.8. The molecule has 8 nitrogen and oxygen atoms in total. The first-order valence-corrected chi connectivity index (χ1v) is 13.3. The largest absolute Gasteiger partial charge is 0.478 e. The molecule has 0 aliphatic carbocycles. The highest BCUT2D eigenvalue weighted by Crippen LogP contribution is 2.47. The molecule has 6 rings (SSSR count). The van der Waals surface area contributed by atoms with Crippen LogP contribution in [-0.4, -0.2) is 33.7 Å². The number of aromatic carboxylic acids is 1. The van der Waals surface area contributed by atoms with Crippen LogP contribution >= 0.6 is 0 Å². The van der Waals surface area contributed by atoms with Crippen LogP contribution in [0.1, 0.15) is 39.9 Å². The number of hydrogen-bond acceptors (Lipinski definition) is 7. The standard InChI is InChI=1S/C33H23F3N2O6/c1-17-4-8-23(29(12-17)42-16-39)22-9-5-19(13-24(22)31(40)41)30-38-26-15-21(7-11-28(26)44-30)32(3,33(34,35)36)20-6-10-27-25(14-20)37-18(2)43-27/h4-16H,1-3H3,(H,40,41). The van der Waals surface area contributed by atoms with Gasteiger partial charge < -0.3 is 18.7 Å². The number of carboxylic acid groups (broad SMARTS) is 1. The molecule has 4 aromatic carbocycles. The number of ether oxygens (including phenoxy) is 1. The highest BCUT2D eigenvalue weighted by molar-refractivity contribution is 5.98. The Hall–Kier alpha value is -5.45. The topological polar surface area (TPSA) is 116 Å². The zero-order valence-electron chi connectivity index (χ0n) is 23.5. The number of rotatable bonds is 7. The first kappa shape index (κ1) is 28.7. The number of hydrogen-bond donors (Lipinski definition) is 1. The first-order chi connectivity index (χ1) is 20.9. The predicted molar refractivity (Wildman–Crippen MR) is 155 cm³/mol. The second-order valence-electron chi connectivity index (χ2n) is 10.5. The SMILES string of the molecule is Cc1ccc(-c2ccc(-c3nc4cc(C(C)(c5ccc6oc(C)nc6c5)C(F)(F)F)ccc4o3)cc2C(=O)O)c(OC=O)c1. The van der Waals surface area contributed by atoms with Crippen LogP contribution in [0.15, 0.2) is 81.6 Å². The summed E-state index contributed by atoms with van der Waals surface area (Å²) in [5.41, 5.74) is 0.218. The number of oxazole rings is 2. The maximum Gasteiger partial charge on any atom is 0.402 e. The van der Waals surface area contributed by atoms with Crippen molar-refractivity contribution in [2.75, 3.05) is 0 Å². The molecule has 6 aromatic rings. The fourth-order valence-electron chi connectivity index (χ4n) is 5.30. The van der Waals surface area contributed by atoms with E-state index in [2.05, 4.69) is 9.97 Å². The highest BCUT2D eigenvalue weighted by Gasteiger charge is 2.53. The second kappa shape index (κ2) is 10.4. The van der Waals surface area contributed by atoms with E-state index < -0.39 is 17.6 Å². The van der Waals surface area contributed by atoms with Crippen LogP contribution in [0.25, 0.3) is 44.8 Å². The van der Waals surface area contributed by atoms with Gasteiger partial charge in [0.25, 0.3) is 6.47 Å². The number of halogens is 3. The van der Waals surface area contributed by atoms with Crippen molar-refractivity contribution in [2.24, 2.45) is 0 Å². The Labute approximate surface area is 247 Å². The van der Waals surface area contributed by atoms with Crippen LogP contribution in [0.4, 0.5) is 13.2 Å². The second-order valence-corrected chi connectivity index (χ2v) is 10.5. The van der Waals surface area contributed by atoms with Gasteiger partial charge in [0.15, 0.2) is 17.1 Å². The van der Waals surface area contributed by atoms with Gasteiger partial charge in [-0.3, -0.25) is 4.79 Å². The van der Waals surface area contributed by atoms with E-state index >= 15 is 0 Å². The summed E-state index contributed by atoms with van der Waals surface area (Å²) >= 11 is 0. The lowest BCUT2D eigenvalue weighted by Crippen LogP contribution is -2.40. The molecule has 0 saturated carbocycles. The fraction of sp³-hybridized carbons (Fsp3) is 0.152. The number of fused-ring (bicyclic) bond motifs is 2. The van der Waals surface area contributed by atoms with Crippen molar-refractivity contribution in [3.63, 3.8) is 0 Å². The number of benzene rings is 4. The van der Waals surface area contributed by atoms with Crippen molar-refractivity contribution in [2.45, 2.75) is 32.4 Å². The minimum absolute atomic E-state index is 0.0210. The molecule has 0 saturated heterocycles. The van der Waals surface area contributed by atoms with Crippen molar-refractivity contribution in [3.8, 4) is 28.3 Å². The lowest BCUT2D eigenvalue weighted by molar-refractivity contribution is -0.173. The van der Waals surface area contributed by atoms with E-state index in [0.29, 0.717) is 28.1 Å². The van der Waals surface area contributed by atoms with Gasteiger partial charge in [-0.15, -0.1) is 0 Å². The minimum Gasteiger partial charge on any atom is -0.478 e. The Kier molecular flexibility index (Phi) is 6.75. The molecular formula is C33H23F3N2O6. The van der Waals surface area contributed by atoms with E-state index in [0.717, 1.165) is 12.5 Å². The lowest BCUT2D eigenvalue weighted by Gasteiger charge is -2.33. The molecule has 0 radical (unpaired) electrons. The van der Waals surface area contributed by atoms with Crippen molar-refractivity contribution < 1.29 is 41.4 Å². The van der Waals surface area contributed by atoms with Crippen LogP contribution in [0.3, 0.4) is 0 Å². The van der Waals surface area contributed by atoms with E-state index in [9.17, 15) is 27.9 Å². The van der Waals surface area contributed by atoms with Crippen molar-refractivity contribution >= 4 is 34.6 Å². The third-order valence-electron chi connectivity index (χ3n) is 7.70. The van der Waals surface area contributed by atoms with Gasteiger partial charge in [0.05, 0.1) is 5.56 Å². The van der Waals surface area contributed by atoms with E-state index in [1.807, 2.05) is 0 Å². The number of carbonyl (C=O) groups excluding carboxylic acids is 1. The molecule has 222 valence electrons. The van der Waals surface area contributed by atoms with Crippen LogP contribution in [0.5, 0.6) is 5.75 Å². The zero-order chi connectivity index (χ0) is 31.4. The number of carboxylic acids is 1. The molecule has 2 aromatic heterocycles. The van der Waals surface area contributed by atoms with Crippen molar-refractivity contribution in [1.29, 1.82) is 0 Å². The number of nitrogens with zero attached hydrogens (tertiary/aromatic N) is 2. The lowest BCUT2D eigenvalue weighted by atomic mass is 9.75. The Balaban J connectivity index is 1.44. The van der Waals surface area contributed by atoms with Crippen LogP contribution in [-0.2, 0) is 10.2 Å². The molecule has 2 heterocycles. The maximum absolute atomic E-state index is 14.8. The molecule has 0 amide bonds. The molecular weight excluding hydrogens is 577 g/mol. The number of aromatic nitrogens is 2. The van der Waals surface area contributed by atoms with Crippen molar-refractivity contribution in [1.82, 2.24) is 9.97 Å². The van der Waals surface area contributed by atoms with E-state index in [-0.39, 0.29) is 51.5 Å². The molecule has 0 bridgehead atoms. The highest BCUT2D eigenvalue weighted by atomic mass is 19.4. The van der Waals surface area contributed by atoms with E-state index in [4.69, 9.17) is 13.6 Å². The van der Waals surface area contributed by atoms with E-state index in [1.165, 1.54) is 48.5 Å². The summed E-state index contributed by atoms with van der Waals surface area (Å²) in [7, 11) is 0. The van der Waals surface area contributed by atoms with E-state index in [1.54, 1.807) is 38.1 Å². The van der Waals surface area contributed by atoms with Crippen LogP contribution < -0.4 is 4.74 Å². The monoisotopic (exact) mass is 600 g/mol. The average molecular weight is 601 g/mol. The first-order valence-electron chi connectivity index (χ1n) is 13.3. The summed E-state index contributed by atoms with van der Waals surface area (Å²) in [6.07, 6.45) is -4.69. The summed E-state index contributed by atoms with van der Waals surface area (Å²) in [5.74, 6) is -0.698. The summed E-state index contributed by atoms with van der Waals surface area (Å²) in [4.78, 5) is 31.9.